The average Bonchev–Trinajstić information content (AvgIpc) is 2.91. The molecule has 38 heavy (non-hydrogen) atoms. The first-order valence-electron chi connectivity index (χ1n) is 11.9. The van der Waals surface area contributed by atoms with Gasteiger partial charge in [0.25, 0.3) is 5.95 Å². The van der Waals surface area contributed by atoms with Crippen LogP contribution in [0.25, 0.3) is 11.3 Å². The first kappa shape index (κ1) is 27.2. The molecule has 0 saturated heterocycles. The maximum Gasteiger partial charge on any atom is 0.490 e. The molecule has 0 spiro atoms. The van der Waals surface area contributed by atoms with Gasteiger partial charge in [-0.1, -0.05) is 30.3 Å². The number of esters is 1. The van der Waals surface area contributed by atoms with Crippen molar-refractivity contribution in [1.29, 1.82) is 0 Å². The molecule has 0 aliphatic carbocycles. The fourth-order valence-corrected chi connectivity index (χ4v) is 4.52. The summed E-state index contributed by atoms with van der Waals surface area (Å²) < 4.78 is 58.2. The van der Waals surface area contributed by atoms with Crippen molar-refractivity contribution in [3.05, 3.63) is 59.8 Å². The van der Waals surface area contributed by atoms with Crippen LogP contribution in [0.3, 0.4) is 0 Å². The number of anilines is 2. The molecule has 13 heteroatoms. The van der Waals surface area contributed by atoms with Gasteiger partial charge in [0.2, 0.25) is 11.0 Å². The number of carbonyl (C=O) groups excluding carboxylic acids is 1. The molecule has 0 radical (unpaired) electrons. The van der Waals surface area contributed by atoms with Gasteiger partial charge in [0, 0.05) is 30.5 Å². The summed E-state index contributed by atoms with van der Waals surface area (Å²) in [7, 11) is -3.35. The summed E-state index contributed by atoms with van der Waals surface area (Å²) in [5, 5.41) is 8.16. The normalized spacial score (nSPS) is 14.3. The second kappa shape index (κ2) is 11.7. The highest BCUT2D eigenvalue weighted by Crippen LogP contribution is 2.38. The van der Waals surface area contributed by atoms with E-state index in [1.165, 1.54) is 12.3 Å². The summed E-state index contributed by atoms with van der Waals surface area (Å²) in [5.41, 5.74) is -2.34. The number of ether oxygens (including phenoxy) is 1. The van der Waals surface area contributed by atoms with E-state index >= 15 is 0 Å². The Balaban J connectivity index is 1.75. The van der Waals surface area contributed by atoms with Crippen LogP contribution in [0.2, 0.25) is 0 Å². The monoisotopic (exact) mass is 546 g/mol. The van der Waals surface area contributed by atoms with Crippen molar-refractivity contribution < 1.29 is 26.9 Å². The molecule has 0 bridgehead atoms. The molecule has 3 aromatic rings. The number of benzene rings is 2. The Morgan fingerprint density at radius 2 is 1.95 bits per heavy atom. The SMILES string of the molecule is CCOC(=O)c1cnc(N=Nc2cc3c(cc2NS(=O)C(F)(F)F)N(CC)CCC3)nc1-c1ccccc1. The minimum absolute atomic E-state index is 0.0543. The van der Waals surface area contributed by atoms with Crippen molar-refractivity contribution in [1.82, 2.24) is 9.97 Å². The average molecular weight is 547 g/mol. The topological polar surface area (TPSA) is 109 Å². The summed E-state index contributed by atoms with van der Waals surface area (Å²) >= 11 is 0. The summed E-state index contributed by atoms with van der Waals surface area (Å²) in [6.07, 6.45) is 2.85. The Labute approximate surface area is 219 Å². The highest BCUT2D eigenvalue weighted by molar-refractivity contribution is 7.87. The molecule has 1 aliphatic rings. The molecule has 4 rings (SSSR count). The number of halogens is 3. The van der Waals surface area contributed by atoms with Gasteiger partial charge in [-0.2, -0.15) is 13.2 Å². The first-order chi connectivity index (χ1) is 18.2. The van der Waals surface area contributed by atoms with Gasteiger partial charge in [-0.05, 0) is 44.4 Å². The second-order valence-corrected chi connectivity index (χ2v) is 9.42. The van der Waals surface area contributed by atoms with E-state index in [0.29, 0.717) is 18.5 Å². The van der Waals surface area contributed by atoms with Gasteiger partial charge >= 0.3 is 11.5 Å². The van der Waals surface area contributed by atoms with Crippen molar-refractivity contribution in [3.8, 4) is 11.3 Å². The van der Waals surface area contributed by atoms with Crippen molar-refractivity contribution in [2.24, 2.45) is 10.2 Å². The van der Waals surface area contributed by atoms with Gasteiger partial charge in [0.1, 0.15) is 11.3 Å². The lowest BCUT2D eigenvalue weighted by Gasteiger charge is -2.31. The molecular formula is C25H25F3N6O3S. The third-order valence-corrected chi connectivity index (χ3v) is 6.60. The van der Waals surface area contributed by atoms with E-state index in [0.717, 1.165) is 24.2 Å². The Morgan fingerprint density at radius 1 is 1.18 bits per heavy atom. The molecule has 0 amide bonds. The molecule has 1 atom stereocenters. The van der Waals surface area contributed by atoms with Crippen LogP contribution in [0.15, 0.2) is 58.9 Å². The lowest BCUT2D eigenvalue weighted by molar-refractivity contribution is -0.0379. The molecule has 9 nitrogen and oxygen atoms in total. The molecule has 0 saturated carbocycles. The summed E-state index contributed by atoms with van der Waals surface area (Å²) in [6.45, 7) is 5.22. The zero-order chi connectivity index (χ0) is 27.3. The predicted molar refractivity (Wildman–Crippen MR) is 138 cm³/mol. The number of hydrogen-bond acceptors (Lipinski definition) is 8. The van der Waals surface area contributed by atoms with Crippen molar-refractivity contribution in [3.63, 3.8) is 0 Å². The van der Waals surface area contributed by atoms with E-state index in [1.54, 1.807) is 37.3 Å². The minimum Gasteiger partial charge on any atom is -0.462 e. The Hall–Kier alpha value is -3.87. The third kappa shape index (κ3) is 6.15. The van der Waals surface area contributed by atoms with Gasteiger partial charge in [-0.15, -0.1) is 10.2 Å². The molecule has 1 aliphatic heterocycles. The van der Waals surface area contributed by atoms with Crippen molar-refractivity contribution >= 4 is 40.0 Å². The minimum atomic E-state index is -4.97. The van der Waals surface area contributed by atoms with Crippen LogP contribution >= 0.6 is 0 Å². The summed E-state index contributed by atoms with van der Waals surface area (Å²) in [5.74, 6) is -0.723. The van der Waals surface area contributed by atoms with Crippen LogP contribution in [-0.2, 0) is 22.1 Å². The van der Waals surface area contributed by atoms with Crippen LogP contribution in [0.5, 0.6) is 0 Å². The number of aryl methyl sites for hydroxylation is 1. The zero-order valence-electron chi connectivity index (χ0n) is 20.7. The van der Waals surface area contributed by atoms with Crippen LogP contribution in [0.4, 0.5) is 36.2 Å². The molecule has 0 fully saturated rings. The fourth-order valence-electron chi connectivity index (χ4n) is 4.04. The van der Waals surface area contributed by atoms with E-state index in [2.05, 4.69) is 20.2 Å². The Bertz CT molecular complexity index is 1370. The number of aromatic nitrogens is 2. The molecule has 200 valence electrons. The third-order valence-electron chi connectivity index (χ3n) is 5.77. The number of alkyl halides is 3. The van der Waals surface area contributed by atoms with Gasteiger partial charge in [0.05, 0.1) is 18.0 Å². The first-order valence-corrected chi connectivity index (χ1v) is 13.0. The zero-order valence-corrected chi connectivity index (χ0v) is 21.5. The maximum absolute atomic E-state index is 13.1. The molecule has 2 aromatic carbocycles. The molecule has 1 unspecified atom stereocenters. The van der Waals surface area contributed by atoms with E-state index in [-0.39, 0.29) is 35.2 Å². The number of nitrogens with one attached hydrogen (secondary N) is 1. The fraction of sp³-hybridized carbons (Fsp3) is 0.320. The summed E-state index contributed by atoms with van der Waals surface area (Å²) in [4.78, 5) is 22.9. The smallest absolute Gasteiger partial charge is 0.462 e. The van der Waals surface area contributed by atoms with Crippen LogP contribution in [-0.4, -0.2) is 45.4 Å². The number of fused-ring (bicyclic) bond motifs is 1. The predicted octanol–water partition coefficient (Wildman–Crippen LogP) is 6.10. The van der Waals surface area contributed by atoms with Crippen molar-refractivity contribution in [2.75, 3.05) is 29.3 Å². The molecule has 2 heterocycles. The number of hydrogen-bond donors (Lipinski definition) is 1. The van der Waals surface area contributed by atoms with E-state index in [9.17, 15) is 22.2 Å². The van der Waals surface area contributed by atoms with Crippen LogP contribution in [0.1, 0.15) is 36.2 Å². The lowest BCUT2D eigenvalue weighted by Crippen LogP contribution is -2.29. The Morgan fingerprint density at radius 3 is 2.63 bits per heavy atom. The van der Waals surface area contributed by atoms with E-state index in [4.69, 9.17) is 4.74 Å². The molecule has 1 N–H and O–H groups in total. The number of azo groups is 1. The quantitative estimate of drug-likeness (QED) is 0.270. The van der Waals surface area contributed by atoms with E-state index in [1.807, 2.05) is 22.6 Å². The van der Waals surface area contributed by atoms with Crippen molar-refractivity contribution in [2.45, 2.75) is 32.2 Å². The van der Waals surface area contributed by atoms with Crippen LogP contribution in [0, 0.1) is 0 Å². The van der Waals surface area contributed by atoms with Gasteiger partial charge in [0.15, 0.2) is 0 Å². The number of carbonyl (C=O) groups is 1. The van der Waals surface area contributed by atoms with Gasteiger partial charge in [-0.3, -0.25) is 4.72 Å². The maximum atomic E-state index is 13.1. The highest BCUT2D eigenvalue weighted by atomic mass is 32.2. The Kier molecular flexibility index (Phi) is 8.35. The number of nitrogens with zero attached hydrogens (tertiary/aromatic N) is 5. The second-order valence-electron chi connectivity index (χ2n) is 8.22. The van der Waals surface area contributed by atoms with Gasteiger partial charge < -0.3 is 9.64 Å². The van der Waals surface area contributed by atoms with Crippen LogP contribution < -0.4 is 9.62 Å². The summed E-state index contributed by atoms with van der Waals surface area (Å²) in [6, 6.07) is 12.0. The molecule has 1 aromatic heterocycles. The lowest BCUT2D eigenvalue weighted by atomic mass is 10.0. The highest BCUT2D eigenvalue weighted by Gasteiger charge is 2.38. The molecular weight excluding hydrogens is 521 g/mol. The standard InChI is InChI=1S/C25H25F3N6O3S/c1-3-34-12-8-11-17-13-19(20(14-21(17)34)33-38(36)25(26,27)28)31-32-24-29-15-18(23(35)37-4-2)22(30-24)16-9-6-5-7-10-16/h5-7,9-10,13-15,33H,3-4,8,11-12H2,1-2H3. The largest absolute Gasteiger partial charge is 0.490 e. The van der Waals surface area contributed by atoms with Gasteiger partial charge in [-0.25, -0.2) is 19.0 Å². The number of rotatable bonds is 8. The van der Waals surface area contributed by atoms with E-state index < -0.39 is 22.5 Å².